The lowest BCUT2D eigenvalue weighted by molar-refractivity contribution is -0.117. The summed E-state index contributed by atoms with van der Waals surface area (Å²) < 4.78 is 4.63. The van der Waals surface area contributed by atoms with Crippen LogP contribution in [0.4, 0.5) is 11.4 Å². The second-order valence-corrected chi connectivity index (χ2v) is 4.23. The summed E-state index contributed by atoms with van der Waals surface area (Å²) in [5, 5.41) is 0. The number of hydrogen-bond donors (Lipinski definition) is 2. The number of ether oxygens (including phenoxy) is 1. The summed E-state index contributed by atoms with van der Waals surface area (Å²) in [5.41, 5.74) is 12.9. The summed E-state index contributed by atoms with van der Waals surface area (Å²) in [5.74, 6) is -0.552. The summed E-state index contributed by atoms with van der Waals surface area (Å²) in [4.78, 5) is 24.7. The molecule has 0 spiro atoms. The van der Waals surface area contributed by atoms with Crippen LogP contribution in [-0.4, -0.2) is 31.6 Å². The maximum atomic E-state index is 11.8. The van der Waals surface area contributed by atoms with E-state index in [2.05, 4.69) is 4.74 Å². The molecule has 96 valence electrons. The molecule has 2 rings (SSSR count). The molecule has 1 amide bonds. The fourth-order valence-electron chi connectivity index (χ4n) is 1.99. The normalized spacial score (nSPS) is 19.1. The molecule has 1 saturated heterocycles. The number of carbonyl (C=O) groups excluding carboxylic acids is 2. The molecule has 4 N–H and O–H groups in total. The van der Waals surface area contributed by atoms with Crippen molar-refractivity contribution in [1.29, 1.82) is 0 Å². The Bertz CT molecular complexity index is 501. The van der Waals surface area contributed by atoms with E-state index in [1.54, 1.807) is 18.2 Å². The first-order valence-corrected chi connectivity index (χ1v) is 5.56. The van der Waals surface area contributed by atoms with Gasteiger partial charge in [-0.2, -0.15) is 0 Å². The molecule has 6 heteroatoms. The molecule has 6 nitrogen and oxygen atoms in total. The Hall–Kier alpha value is -2.08. The molecule has 0 aromatic heterocycles. The number of amides is 1. The van der Waals surface area contributed by atoms with Crippen LogP contribution < -0.4 is 16.4 Å². The number of esters is 1. The Kier molecular flexibility index (Phi) is 3.20. The predicted molar refractivity (Wildman–Crippen MR) is 67.1 cm³/mol. The first-order valence-electron chi connectivity index (χ1n) is 5.56. The van der Waals surface area contributed by atoms with Crippen LogP contribution in [0, 0.1) is 0 Å². The zero-order valence-corrected chi connectivity index (χ0v) is 10.1. The van der Waals surface area contributed by atoms with Crippen molar-refractivity contribution < 1.29 is 14.3 Å². The number of methoxy groups -OCH3 is 1. The van der Waals surface area contributed by atoms with Gasteiger partial charge in [0.1, 0.15) is 0 Å². The third-order valence-corrected chi connectivity index (χ3v) is 2.90. The maximum Gasteiger partial charge on any atom is 0.337 e. The van der Waals surface area contributed by atoms with Gasteiger partial charge in [-0.05, 0) is 18.2 Å². The lowest BCUT2D eigenvalue weighted by atomic mass is 10.1. The van der Waals surface area contributed by atoms with E-state index in [9.17, 15) is 9.59 Å². The van der Waals surface area contributed by atoms with Crippen molar-refractivity contribution in [2.75, 3.05) is 24.3 Å². The summed E-state index contributed by atoms with van der Waals surface area (Å²) in [6, 6.07) is 4.50. The first-order chi connectivity index (χ1) is 8.52. The van der Waals surface area contributed by atoms with Crippen LogP contribution in [0.15, 0.2) is 18.2 Å². The summed E-state index contributed by atoms with van der Waals surface area (Å²) in [6.45, 7) is 0.410. The highest BCUT2D eigenvalue weighted by Crippen LogP contribution is 2.28. The van der Waals surface area contributed by atoms with Gasteiger partial charge in [0.2, 0.25) is 5.91 Å². The third kappa shape index (κ3) is 2.14. The second kappa shape index (κ2) is 4.66. The SMILES string of the molecule is COC(=O)c1ccc(N)c(N2CC(N)CC2=O)c1. The summed E-state index contributed by atoms with van der Waals surface area (Å²) in [6.07, 6.45) is 0.294. The Labute approximate surface area is 104 Å². The van der Waals surface area contributed by atoms with Gasteiger partial charge in [-0.1, -0.05) is 0 Å². The largest absolute Gasteiger partial charge is 0.465 e. The number of nitrogens with zero attached hydrogens (tertiary/aromatic N) is 1. The standard InChI is InChI=1S/C12H15N3O3/c1-18-12(17)7-2-3-9(14)10(4-7)15-6-8(13)5-11(15)16/h2-4,8H,5-6,13-14H2,1H3. The van der Waals surface area contributed by atoms with Gasteiger partial charge in [-0.15, -0.1) is 0 Å². The van der Waals surface area contributed by atoms with Gasteiger partial charge in [-0.3, -0.25) is 4.79 Å². The quantitative estimate of drug-likeness (QED) is 0.573. The van der Waals surface area contributed by atoms with Gasteiger partial charge >= 0.3 is 5.97 Å². The van der Waals surface area contributed by atoms with Gasteiger partial charge in [-0.25, -0.2) is 4.79 Å². The fraction of sp³-hybridized carbons (Fsp3) is 0.333. The predicted octanol–water partition coefficient (Wildman–Crippen LogP) is 0.119. The number of nitrogens with two attached hydrogens (primary N) is 2. The van der Waals surface area contributed by atoms with Gasteiger partial charge < -0.3 is 21.1 Å². The zero-order valence-electron chi connectivity index (χ0n) is 10.1. The summed E-state index contributed by atoms with van der Waals surface area (Å²) in [7, 11) is 1.30. The van der Waals surface area contributed by atoms with Crippen molar-refractivity contribution in [2.24, 2.45) is 5.73 Å². The van der Waals surface area contributed by atoms with Crippen LogP contribution >= 0.6 is 0 Å². The van der Waals surface area contributed by atoms with Crippen molar-refractivity contribution in [1.82, 2.24) is 0 Å². The molecule has 1 aliphatic heterocycles. The lowest BCUT2D eigenvalue weighted by Crippen LogP contribution is -2.28. The molecule has 1 aromatic carbocycles. The highest BCUT2D eigenvalue weighted by molar-refractivity contribution is 6.01. The number of nitrogen functional groups attached to an aromatic ring is 1. The van der Waals surface area contributed by atoms with E-state index in [4.69, 9.17) is 11.5 Å². The number of carbonyl (C=O) groups is 2. The molecule has 1 fully saturated rings. The topological polar surface area (TPSA) is 98.7 Å². The monoisotopic (exact) mass is 249 g/mol. The molecule has 1 unspecified atom stereocenters. The third-order valence-electron chi connectivity index (χ3n) is 2.90. The molecular weight excluding hydrogens is 234 g/mol. The van der Waals surface area contributed by atoms with E-state index >= 15 is 0 Å². The van der Waals surface area contributed by atoms with E-state index in [1.165, 1.54) is 12.0 Å². The molecule has 18 heavy (non-hydrogen) atoms. The zero-order chi connectivity index (χ0) is 13.3. The van der Waals surface area contributed by atoms with Crippen molar-refractivity contribution >= 4 is 23.3 Å². The van der Waals surface area contributed by atoms with Crippen LogP contribution in [0.25, 0.3) is 0 Å². The van der Waals surface area contributed by atoms with Gasteiger partial charge in [0.05, 0.1) is 24.0 Å². The molecule has 0 radical (unpaired) electrons. The molecule has 0 aliphatic carbocycles. The van der Waals surface area contributed by atoms with E-state index in [-0.39, 0.29) is 11.9 Å². The van der Waals surface area contributed by atoms with Crippen molar-refractivity contribution in [3.8, 4) is 0 Å². The highest BCUT2D eigenvalue weighted by atomic mass is 16.5. The van der Waals surface area contributed by atoms with Crippen molar-refractivity contribution in [3.05, 3.63) is 23.8 Å². The molecule has 1 aromatic rings. The minimum atomic E-state index is -0.466. The van der Waals surface area contributed by atoms with Gasteiger partial charge in [0.25, 0.3) is 0 Å². The van der Waals surface area contributed by atoms with Crippen LogP contribution in [0.3, 0.4) is 0 Å². The number of benzene rings is 1. The average molecular weight is 249 g/mol. The van der Waals surface area contributed by atoms with Gasteiger partial charge in [0, 0.05) is 19.0 Å². The van der Waals surface area contributed by atoms with E-state index in [0.717, 1.165) is 0 Å². The molecule has 0 saturated carbocycles. The minimum Gasteiger partial charge on any atom is -0.465 e. The smallest absolute Gasteiger partial charge is 0.337 e. The van der Waals surface area contributed by atoms with Crippen LogP contribution in [-0.2, 0) is 9.53 Å². The van der Waals surface area contributed by atoms with E-state index in [0.29, 0.717) is 29.9 Å². The van der Waals surface area contributed by atoms with Crippen molar-refractivity contribution in [2.45, 2.75) is 12.5 Å². The Balaban J connectivity index is 2.38. The van der Waals surface area contributed by atoms with Crippen molar-refractivity contribution in [3.63, 3.8) is 0 Å². The minimum absolute atomic E-state index is 0.0868. The Morgan fingerprint density at radius 1 is 1.50 bits per heavy atom. The number of anilines is 2. The maximum absolute atomic E-state index is 11.8. The van der Waals surface area contributed by atoms with Crippen LogP contribution in [0.1, 0.15) is 16.8 Å². The summed E-state index contributed by atoms with van der Waals surface area (Å²) >= 11 is 0. The van der Waals surface area contributed by atoms with Crippen LogP contribution in [0.5, 0.6) is 0 Å². The van der Waals surface area contributed by atoms with E-state index in [1.807, 2.05) is 0 Å². The highest BCUT2D eigenvalue weighted by Gasteiger charge is 2.29. The number of rotatable bonds is 2. The Morgan fingerprint density at radius 3 is 2.78 bits per heavy atom. The van der Waals surface area contributed by atoms with Gasteiger partial charge in [0.15, 0.2) is 0 Å². The molecule has 1 atom stereocenters. The molecule has 1 heterocycles. The lowest BCUT2D eigenvalue weighted by Gasteiger charge is -2.18. The van der Waals surface area contributed by atoms with Crippen LogP contribution in [0.2, 0.25) is 0 Å². The number of hydrogen-bond acceptors (Lipinski definition) is 5. The molecule has 1 aliphatic rings. The van der Waals surface area contributed by atoms with E-state index < -0.39 is 5.97 Å². The average Bonchev–Trinajstić information content (AvgIpc) is 2.68. The second-order valence-electron chi connectivity index (χ2n) is 4.23. The first kappa shape index (κ1) is 12.4. The Morgan fingerprint density at radius 2 is 2.22 bits per heavy atom. The molecular formula is C12H15N3O3. The fourth-order valence-corrected chi connectivity index (χ4v) is 1.99. The molecule has 0 bridgehead atoms.